The minimum Gasteiger partial charge on any atom is -0.458 e. The molecule has 3 aromatic carbocycles. The Hall–Kier alpha value is -4.66. The lowest BCUT2D eigenvalue weighted by molar-refractivity contribution is -0.159. The van der Waals surface area contributed by atoms with Crippen LogP contribution < -0.4 is 10.6 Å². The van der Waals surface area contributed by atoms with Crippen LogP contribution in [0.15, 0.2) is 78.9 Å². The summed E-state index contributed by atoms with van der Waals surface area (Å²) in [6, 6.07) is 21.1. The first-order valence-electron chi connectivity index (χ1n) is 15.9. The molecule has 0 radical (unpaired) electrons. The highest BCUT2D eigenvalue weighted by Gasteiger charge is 2.37. The van der Waals surface area contributed by atoms with Crippen molar-refractivity contribution in [1.82, 2.24) is 15.5 Å². The lowest BCUT2D eigenvalue weighted by atomic mass is 9.95. The summed E-state index contributed by atoms with van der Waals surface area (Å²) in [5.41, 5.74) is 2.35. The average Bonchev–Trinajstić information content (AvgIpc) is 2.97. The minimum atomic E-state index is -1.14. The monoisotopic (exact) mass is 643 g/mol. The topological polar surface area (TPSA) is 114 Å². The number of hydrogen-bond donors (Lipinski definition) is 2. The summed E-state index contributed by atoms with van der Waals surface area (Å²) in [5.74, 6) is -1.65. The van der Waals surface area contributed by atoms with Crippen LogP contribution in [-0.2, 0) is 36.7 Å². The van der Waals surface area contributed by atoms with Gasteiger partial charge in [0.25, 0.3) is 0 Å². The molecule has 3 amide bonds. The molecule has 47 heavy (non-hydrogen) atoms. The number of ether oxygens (including phenoxy) is 2. The largest absolute Gasteiger partial charge is 0.458 e. The Kier molecular flexibility index (Phi) is 12.3. The second-order valence-corrected chi connectivity index (χ2v) is 13.9. The summed E-state index contributed by atoms with van der Waals surface area (Å²) >= 11 is 0. The van der Waals surface area contributed by atoms with E-state index >= 15 is 0 Å². The van der Waals surface area contributed by atoms with E-state index < -0.39 is 53.2 Å². The Morgan fingerprint density at radius 1 is 0.702 bits per heavy atom. The highest BCUT2D eigenvalue weighted by molar-refractivity contribution is 5.94. The Bertz CT molecular complexity index is 1530. The molecule has 0 spiro atoms. The number of likely N-dealkylation sites (N-methyl/N-ethyl adjacent to an activating group) is 1. The summed E-state index contributed by atoms with van der Waals surface area (Å²) in [5, 5.41) is 5.64. The van der Waals surface area contributed by atoms with Gasteiger partial charge in [0, 0.05) is 19.9 Å². The molecule has 0 aliphatic carbocycles. The van der Waals surface area contributed by atoms with Gasteiger partial charge in [0.2, 0.25) is 11.8 Å². The van der Waals surface area contributed by atoms with E-state index in [1.165, 1.54) is 11.9 Å². The average molecular weight is 644 g/mol. The third-order valence-electron chi connectivity index (χ3n) is 7.27. The molecule has 0 saturated carbocycles. The maximum Gasteiger partial charge on any atom is 0.408 e. The summed E-state index contributed by atoms with van der Waals surface area (Å²) in [6.07, 6.45) is -0.394. The highest BCUT2D eigenvalue weighted by atomic mass is 16.6. The number of esters is 1. The number of hydrogen-bond acceptors (Lipinski definition) is 6. The number of nitrogens with zero attached hydrogens (tertiary/aromatic N) is 1. The molecule has 0 saturated heterocycles. The quantitative estimate of drug-likeness (QED) is 0.248. The first-order valence-corrected chi connectivity index (χ1v) is 15.9. The Labute approximate surface area is 279 Å². The zero-order valence-corrected chi connectivity index (χ0v) is 29.0. The Balaban J connectivity index is 2.03. The molecular formula is C38H49N3O6. The number of benzene rings is 3. The molecule has 0 fully saturated rings. The Morgan fingerprint density at radius 2 is 1.21 bits per heavy atom. The standard InChI is InChI=1S/C38H49N3O6/c1-25-20-21-26(2)29(22-25)32(33(42)39-31(35(44)46-37(3,4)5)24-28-18-14-11-15-19-28)41(9)34(43)30(23-27-16-12-10-13-17-27)40-36(45)47-38(6,7)8/h10-22,30-32H,23-24H2,1-9H3,(H,39,42)(H,40,45). The number of nitrogens with one attached hydrogen (secondary N) is 2. The van der Waals surface area contributed by atoms with Crippen LogP contribution in [0.4, 0.5) is 4.79 Å². The van der Waals surface area contributed by atoms with E-state index in [0.29, 0.717) is 5.56 Å². The SMILES string of the molecule is Cc1ccc(C)c(C(C(=O)NC(Cc2ccccc2)C(=O)OC(C)(C)C)N(C)C(=O)C(Cc2ccccc2)NC(=O)OC(C)(C)C)c1. The third-order valence-corrected chi connectivity index (χ3v) is 7.27. The molecule has 0 aliphatic rings. The van der Waals surface area contributed by atoms with Crippen molar-refractivity contribution in [1.29, 1.82) is 0 Å². The zero-order chi connectivity index (χ0) is 34.9. The first kappa shape index (κ1) is 36.8. The second-order valence-electron chi connectivity index (χ2n) is 13.9. The molecule has 3 rings (SSSR count). The van der Waals surface area contributed by atoms with E-state index in [1.54, 1.807) is 41.5 Å². The van der Waals surface area contributed by atoms with Gasteiger partial charge >= 0.3 is 12.1 Å². The van der Waals surface area contributed by atoms with Crippen LogP contribution in [0.3, 0.4) is 0 Å². The molecule has 0 bridgehead atoms. The van der Waals surface area contributed by atoms with Gasteiger partial charge in [-0.3, -0.25) is 9.59 Å². The number of rotatable bonds is 11. The molecule has 0 heterocycles. The van der Waals surface area contributed by atoms with E-state index in [2.05, 4.69) is 10.6 Å². The molecule has 0 aliphatic heterocycles. The number of amides is 3. The number of carbonyl (C=O) groups is 4. The lowest BCUT2D eigenvalue weighted by Gasteiger charge is -2.33. The predicted molar refractivity (Wildman–Crippen MR) is 183 cm³/mol. The van der Waals surface area contributed by atoms with Gasteiger partial charge in [-0.05, 0) is 77.6 Å². The lowest BCUT2D eigenvalue weighted by Crippen LogP contribution is -2.54. The van der Waals surface area contributed by atoms with E-state index in [1.807, 2.05) is 92.7 Å². The van der Waals surface area contributed by atoms with Crippen LogP contribution >= 0.6 is 0 Å². The molecule has 3 atom stereocenters. The number of carbonyl (C=O) groups excluding carboxylic acids is 4. The zero-order valence-electron chi connectivity index (χ0n) is 29.0. The minimum absolute atomic E-state index is 0.166. The molecule has 252 valence electrons. The van der Waals surface area contributed by atoms with E-state index in [-0.39, 0.29) is 12.8 Å². The van der Waals surface area contributed by atoms with E-state index in [9.17, 15) is 19.2 Å². The number of aryl methyl sites for hydroxylation is 2. The van der Waals surface area contributed by atoms with Crippen LogP contribution in [0, 0.1) is 13.8 Å². The fourth-order valence-electron chi connectivity index (χ4n) is 5.12. The van der Waals surface area contributed by atoms with Crippen molar-refractivity contribution in [3.05, 3.63) is 107 Å². The van der Waals surface area contributed by atoms with E-state index in [0.717, 1.165) is 22.3 Å². The van der Waals surface area contributed by atoms with Gasteiger partial charge in [0.1, 0.15) is 29.3 Å². The molecule has 2 N–H and O–H groups in total. The fourth-order valence-corrected chi connectivity index (χ4v) is 5.12. The maximum atomic E-state index is 14.4. The third kappa shape index (κ3) is 11.6. The van der Waals surface area contributed by atoms with Gasteiger partial charge in [0.15, 0.2) is 0 Å². The van der Waals surface area contributed by atoms with Crippen LogP contribution in [0.5, 0.6) is 0 Å². The molecular weight excluding hydrogens is 594 g/mol. The van der Waals surface area contributed by atoms with Crippen molar-refractivity contribution in [3.8, 4) is 0 Å². The van der Waals surface area contributed by atoms with Crippen LogP contribution in [0.25, 0.3) is 0 Å². The van der Waals surface area contributed by atoms with Crippen molar-refractivity contribution in [3.63, 3.8) is 0 Å². The normalized spacial score (nSPS) is 13.5. The van der Waals surface area contributed by atoms with Gasteiger partial charge in [-0.1, -0.05) is 84.4 Å². The summed E-state index contributed by atoms with van der Waals surface area (Å²) in [4.78, 5) is 56.4. The van der Waals surface area contributed by atoms with Crippen molar-refractivity contribution in [2.24, 2.45) is 0 Å². The van der Waals surface area contributed by atoms with Gasteiger partial charge in [-0.15, -0.1) is 0 Å². The van der Waals surface area contributed by atoms with Crippen molar-refractivity contribution in [2.45, 2.75) is 97.6 Å². The van der Waals surface area contributed by atoms with Crippen molar-refractivity contribution >= 4 is 23.9 Å². The maximum absolute atomic E-state index is 14.4. The van der Waals surface area contributed by atoms with Gasteiger partial charge in [-0.25, -0.2) is 9.59 Å². The van der Waals surface area contributed by atoms with Gasteiger partial charge < -0.3 is 25.0 Å². The van der Waals surface area contributed by atoms with Crippen molar-refractivity contribution < 1.29 is 28.7 Å². The molecule has 0 aromatic heterocycles. The number of alkyl carbamates (subject to hydrolysis) is 1. The molecule has 3 unspecified atom stereocenters. The Morgan fingerprint density at radius 3 is 1.72 bits per heavy atom. The van der Waals surface area contributed by atoms with Crippen LogP contribution in [-0.4, -0.2) is 59.1 Å². The van der Waals surface area contributed by atoms with Gasteiger partial charge in [-0.2, -0.15) is 0 Å². The smallest absolute Gasteiger partial charge is 0.408 e. The molecule has 9 heteroatoms. The summed E-state index contributed by atoms with van der Waals surface area (Å²) in [6.45, 7) is 14.3. The highest BCUT2D eigenvalue weighted by Crippen LogP contribution is 2.27. The van der Waals surface area contributed by atoms with Crippen LogP contribution in [0.1, 0.15) is 75.4 Å². The first-order chi connectivity index (χ1) is 21.9. The summed E-state index contributed by atoms with van der Waals surface area (Å²) in [7, 11) is 1.53. The fraction of sp³-hybridized carbons (Fsp3) is 0.421. The molecule has 3 aromatic rings. The van der Waals surface area contributed by atoms with Crippen molar-refractivity contribution in [2.75, 3.05) is 7.05 Å². The van der Waals surface area contributed by atoms with Crippen LogP contribution in [0.2, 0.25) is 0 Å². The van der Waals surface area contributed by atoms with Gasteiger partial charge in [0.05, 0.1) is 0 Å². The van der Waals surface area contributed by atoms with E-state index in [4.69, 9.17) is 9.47 Å². The summed E-state index contributed by atoms with van der Waals surface area (Å²) < 4.78 is 11.2. The predicted octanol–water partition coefficient (Wildman–Crippen LogP) is 6.01. The second kappa shape index (κ2) is 15.8. The molecule has 9 nitrogen and oxygen atoms in total.